The van der Waals surface area contributed by atoms with Crippen molar-refractivity contribution in [2.45, 2.75) is 13.0 Å². The molecule has 0 spiro atoms. The molecule has 0 aromatic heterocycles. The summed E-state index contributed by atoms with van der Waals surface area (Å²) in [5, 5.41) is 2.85. The first-order valence-corrected chi connectivity index (χ1v) is 6.04. The summed E-state index contributed by atoms with van der Waals surface area (Å²) in [5.74, 6) is -2.08. The van der Waals surface area contributed by atoms with Crippen LogP contribution < -0.4 is 5.32 Å². The molecule has 0 radical (unpaired) electrons. The van der Waals surface area contributed by atoms with E-state index in [4.69, 9.17) is 11.6 Å². The van der Waals surface area contributed by atoms with Crippen molar-refractivity contribution in [3.05, 3.63) is 34.4 Å². The van der Waals surface area contributed by atoms with Crippen LogP contribution in [0, 0.1) is 11.6 Å². The first kappa shape index (κ1) is 13.2. The van der Waals surface area contributed by atoms with Crippen LogP contribution in [-0.2, 0) is 0 Å². The standard InChI is InChI=1S/C12H13ClF2N2O/c1-7-6-17(3-2-16-7)12(18)8-4-11(15)9(13)5-10(8)14/h4-5,7,16H,2-3,6H2,1H3. The zero-order valence-corrected chi connectivity index (χ0v) is 10.6. The summed E-state index contributed by atoms with van der Waals surface area (Å²) in [6.07, 6.45) is 0. The fraction of sp³-hybridized carbons (Fsp3) is 0.417. The molecule has 3 nitrogen and oxygen atoms in total. The largest absolute Gasteiger partial charge is 0.336 e. The number of piperazine rings is 1. The normalized spacial score (nSPS) is 20.0. The SMILES string of the molecule is CC1CN(C(=O)c2cc(F)c(Cl)cc2F)CCN1. The predicted molar refractivity (Wildman–Crippen MR) is 64.7 cm³/mol. The number of nitrogens with one attached hydrogen (secondary N) is 1. The second kappa shape index (κ2) is 5.20. The van der Waals surface area contributed by atoms with Gasteiger partial charge in [0.2, 0.25) is 0 Å². The quantitative estimate of drug-likeness (QED) is 0.795. The number of nitrogens with zero attached hydrogens (tertiary/aromatic N) is 1. The molecule has 18 heavy (non-hydrogen) atoms. The molecule has 0 aliphatic carbocycles. The third-order valence-corrected chi connectivity index (χ3v) is 3.19. The number of carbonyl (C=O) groups is 1. The average molecular weight is 275 g/mol. The Morgan fingerprint density at radius 1 is 1.44 bits per heavy atom. The van der Waals surface area contributed by atoms with Crippen LogP contribution in [0.5, 0.6) is 0 Å². The highest BCUT2D eigenvalue weighted by atomic mass is 35.5. The third kappa shape index (κ3) is 2.62. The third-order valence-electron chi connectivity index (χ3n) is 2.90. The molecule has 98 valence electrons. The van der Waals surface area contributed by atoms with E-state index < -0.39 is 17.5 Å². The molecule has 0 bridgehead atoms. The van der Waals surface area contributed by atoms with Crippen molar-refractivity contribution in [3.63, 3.8) is 0 Å². The summed E-state index contributed by atoms with van der Waals surface area (Å²) in [5.41, 5.74) is -0.272. The number of benzene rings is 1. The maximum atomic E-state index is 13.6. The van der Waals surface area contributed by atoms with Gasteiger partial charge in [0.25, 0.3) is 5.91 Å². The van der Waals surface area contributed by atoms with E-state index in [9.17, 15) is 13.6 Å². The molecule has 1 atom stereocenters. The molecule has 6 heteroatoms. The van der Waals surface area contributed by atoms with Crippen LogP contribution in [0.15, 0.2) is 12.1 Å². The molecule has 1 aliphatic rings. The summed E-state index contributed by atoms with van der Waals surface area (Å²) in [4.78, 5) is 13.6. The molecule has 1 aromatic carbocycles. The molecule has 1 unspecified atom stereocenters. The summed E-state index contributed by atoms with van der Waals surface area (Å²) in [6.45, 7) is 3.53. The van der Waals surface area contributed by atoms with Crippen LogP contribution in [0.3, 0.4) is 0 Å². The van der Waals surface area contributed by atoms with Gasteiger partial charge in [-0.05, 0) is 19.1 Å². The van der Waals surface area contributed by atoms with E-state index in [1.54, 1.807) is 0 Å². The van der Waals surface area contributed by atoms with E-state index in [0.29, 0.717) is 19.6 Å². The molecule has 1 heterocycles. The predicted octanol–water partition coefficient (Wildman–Crippen LogP) is 2.05. The van der Waals surface area contributed by atoms with Crippen molar-refractivity contribution < 1.29 is 13.6 Å². The zero-order chi connectivity index (χ0) is 13.3. The van der Waals surface area contributed by atoms with Crippen LogP contribution in [-0.4, -0.2) is 36.5 Å². The molecule has 1 amide bonds. The van der Waals surface area contributed by atoms with Crippen LogP contribution in [0.25, 0.3) is 0 Å². The summed E-state index contributed by atoms with van der Waals surface area (Å²) in [6, 6.07) is 1.82. The van der Waals surface area contributed by atoms with Gasteiger partial charge in [0.05, 0.1) is 10.6 Å². The highest BCUT2D eigenvalue weighted by molar-refractivity contribution is 6.30. The van der Waals surface area contributed by atoms with Crippen LogP contribution in [0.1, 0.15) is 17.3 Å². The van der Waals surface area contributed by atoms with Crippen LogP contribution >= 0.6 is 11.6 Å². The van der Waals surface area contributed by atoms with Crippen molar-refractivity contribution in [1.82, 2.24) is 10.2 Å². The lowest BCUT2D eigenvalue weighted by Crippen LogP contribution is -2.51. The number of hydrogen-bond acceptors (Lipinski definition) is 2. The van der Waals surface area contributed by atoms with Crippen molar-refractivity contribution in [1.29, 1.82) is 0 Å². The molecule has 1 aromatic rings. The van der Waals surface area contributed by atoms with Gasteiger partial charge in [-0.15, -0.1) is 0 Å². The molecule has 0 saturated carbocycles. The Hall–Kier alpha value is -1.20. The summed E-state index contributed by atoms with van der Waals surface area (Å²) in [7, 11) is 0. The van der Waals surface area contributed by atoms with E-state index in [1.807, 2.05) is 6.92 Å². The Balaban J connectivity index is 2.25. The number of carbonyl (C=O) groups excluding carboxylic acids is 1. The van der Waals surface area contributed by atoms with Gasteiger partial charge < -0.3 is 10.2 Å². The van der Waals surface area contributed by atoms with E-state index >= 15 is 0 Å². The van der Waals surface area contributed by atoms with Gasteiger partial charge in [-0.1, -0.05) is 11.6 Å². The minimum atomic E-state index is -0.794. The zero-order valence-electron chi connectivity index (χ0n) is 9.84. The van der Waals surface area contributed by atoms with E-state index in [2.05, 4.69) is 5.32 Å². The van der Waals surface area contributed by atoms with Crippen molar-refractivity contribution in [2.75, 3.05) is 19.6 Å². The topological polar surface area (TPSA) is 32.3 Å². The molecule has 1 saturated heterocycles. The summed E-state index contributed by atoms with van der Waals surface area (Å²) < 4.78 is 26.9. The van der Waals surface area contributed by atoms with Gasteiger partial charge in [0.15, 0.2) is 0 Å². The highest BCUT2D eigenvalue weighted by Gasteiger charge is 2.24. The fourth-order valence-electron chi connectivity index (χ4n) is 1.97. The maximum Gasteiger partial charge on any atom is 0.257 e. The Kier molecular flexibility index (Phi) is 3.82. The Morgan fingerprint density at radius 3 is 2.83 bits per heavy atom. The van der Waals surface area contributed by atoms with Gasteiger partial charge >= 0.3 is 0 Å². The Labute approximate surface area is 109 Å². The highest BCUT2D eigenvalue weighted by Crippen LogP contribution is 2.20. The first-order chi connectivity index (χ1) is 8.49. The van der Waals surface area contributed by atoms with Crippen molar-refractivity contribution in [2.24, 2.45) is 0 Å². The second-order valence-electron chi connectivity index (χ2n) is 4.35. The molecule has 1 aliphatic heterocycles. The number of hydrogen-bond donors (Lipinski definition) is 1. The lowest BCUT2D eigenvalue weighted by Gasteiger charge is -2.32. The number of amides is 1. The van der Waals surface area contributed by atoms with Gasteiger partial charge in [0.1, 0.15) is 11.6 Å². The molecular weight excluding hydrogens is 262 g/mol. The minimum Gasteiger partial charge on any atom is -0.336 e. The lowest BCUT2D eigenvalue weighted by molar-refractivity contribution is 0.0704. The van der Waals surface area contributed by atoms with Gasteiger partial charge in [-0.25, -0.2) is 8.78 Å². The van der Waals surface area contributed by atoms with E-state index in [1.165, 1.54) is 4.90 Å². The molecule has 2 rings (SSSR count). The van der Waals surface area contributed by atoms with Gasteiger partial charge in [0, 0.05) is 25.7 Å². The minimum absolute atomic E-state index is 0.142. The lowest BCUT2D eigenvalue weighted by atomic mass is 10.1. The molecular formula is C12H13ClF2N2O. The number of halogens is 3. The van der Waals surface area contributed by atoms with Gasteiger partial charge in [-0.2, -0.15) is 0 Å². The first-order valence-electron chi connectivity index (χ1n) is 5.66. The van der Waals surface area contributed by atoms with E-state index in [-0.39, 0.29) is 16.6 Å². The maximum absolute atomic E-state index is 13.6. The van der Waals surface area contributed by atoms with Crippen LogP contribution in [0.2, 0.25) is 5.02 Å². The Bertz CT molecular complexity index is 481. The van der Waals surface area contributed by atoms with E-state index in [0.717, 1.165) is 12.1 Å². The summed E-state index contributed by atoms with van der Waals surface area (Å²) >= 11 is 5.45. The van der Waals surface area contributed by atoms with Crippen molar-refractivity contribution in [3.8, 4) is 0 Å². The Morgan fingerprint density at radius 2 is 2.17 bits per heavy atom. The fourth-order valence-corrected chi connectivity index (χ4v) is 2.12. The van der Waals surface area contributed by atoms with Crippen molar-refractivity contribution >= 4 is 17.5 Å². The van der Waals surface area contributed by atoms with Gasteiger partial charge in [-0.3, -0.25) is 4.79 Å². The number of rotatable bonds is 1. The molecule has 1 N–H and O–H groups in total. The van der Waals surface area contributed by atoms with Crippen LogP contribution in [0.4, 0.5) is 8.78 Å². The second-order valence-corrected chi connectivity index (χ2v) is 4.76. The average Bonchev–Trinajstić information content (AvgIpc) is 2.33. The molecule has 1 fully saturated rings. The monoisotopic (exact) mass is 274 g/mol. The smallest absolute Gasteiger partial charge is 0.257 e.